The summed E-state index contributed by atoms with van der Waals surface area (Å²) in [6, 6.07) is 12.8. The van der Waals surface area contributed by atoms with Gasteiger partial charge in [-0.3, -0.25) is 4.79 Å². The first-order valence-corrected chi connectivity index (χ1v) is 10.3. The molecule has 0 spiro atoms. The zero-order valence-electron chi connectivity index (χ0n) is 15.5. The molecule has 1 atom stereocenters. The van der Waals surface area contributed by atoms with Gasteiger partial charge in [0.05, 0.1) is 23.1 Å². The Balaban J connectivity index is 1.67. The molecule has 1 aliphatic carbocycles. The van der Waals surface area contributed by atoms with Crippen molar-refractivity contribution in [2.75, 3.05) is 38.3 Å². The summed E-state index contributed by atoms with van der Waals surface area (Å²) in [5.41, 5.74) is 2.33. The van der Waals surface area contributed by atoms with Gasteiger partial charge in [-0.2, -0.15) is 0 Å². The second-order valence-corrected chi connectivity index (χ2v) is 8.32. The number of thiophene rings is 1. The summed E-state index contributed by atoms with van der Waals surface area (Å²) in [4.78, 5) is 18.2. The Morgan fingerprint density at radius 3 is 2.58 bits per heavy atom. The van der Waals surface area contributed by atoms with E-state index in [2.05, 4.69) is 42.2 Å². The molecule has 138 valence electrons. The van der Waals surface area contributed by atoms with Crippen LogP contribution in [-0.2, 0) is 4.74 Å². The highest BCUT2D eigenvalue weighted by Gasteiger charge is 2.33. The normalized spacial score (nSPS) is 18.6. The van der Waals surface area contributed by atoms with Crippen LogP contribution in [0.3, 0.4) is 0 Å². The molecule has 0 bridgehead atoms. The summed E-state index contributed by atoms with van der Waals surface area (Å²) < 4.78 is 5.51. The van der Waals surface area contributed by atoms with Crippen LogP contribution in [0.15, 0.2) is 36.4 Å². The third-order valence-electron chi connectivity index (χ3n) is 5.54. The number of benzene rings is 1. The van der Waals surface area contributed by atoms with Gasteiger partial charge in [-0.15, -0.1) is 11.3 Å². The van der Waals surface area contributed by atoms with Crippen molar-refractivity contribution in [2.45, 2.75) is 25.8 Å². The van der Waals surface area contributed by atoms with E-state index in [1.807, 2.05) is 18.0 Å². The molecule has 1 aliphatic heterocycles. The lowest BCUT2D eigenvalue weighted by Crippen LogP contribution is -2.36. The molecular weight excluding hydrogens is 344 g/mol. The molecule has 4 rings (SSSR count). The SMILES string of the molecule is CC(C1CC1)N(C)C(=O)c1cc(-c2ccccc2)c(N2CCOCC2)s1. The highest BCUT2D eigenvalue weighted by atomic mass is 32.1. The van der Waals surface area contributed by atoms with Gasteiger partial charge in [-0.05, 0) is 37.3 Å². The number of morpholine rings is 1. The molecule has 1 saturated carbocycles. The van der Waals surface area contributed by atoms with Crippen LogP contribution in [0.25, 0.3) is 11.1 Å². The van der Waals surface area contributed by atoms with E-state index in [1.54, 1.807) is 11.3 Å². The Morgan fingerprint density at radius 1 is 1.23 bits per heavy atom. The van der Waals surface area contributed by atoms with E-state index in [0.29, 0.717) is 12.0 Å². The minimum Gasteiger partial charge on any atom is -0.378 e. The highest BCUT2D eigenvalue weighted by molar-refractivity contribution is 7.18. The van der Waals surface area contributed by atoms with E-state index in [4.69, 9.17) is 4.74 Å². The van der Waals surface area contributed by atoms with Crippen LogP contribution >= 0.6 is 11.3 Å². The molecular formula is C21H26N2O2S. The molecule has 26 heavy (non-hydrogen) atoms. The number of carbonyl (C=O) groups is 1. The van der Waals surface area contributed by atoms with Gasteiger partial charge in [0.15, 0.2) is 0 Å². The number of hydrogen-bond acceptors (Lipinski definition) is 4. The number of carbonyl (C=O) groups excluding carboxylic acids is 1. The van der Waals surface area contributed by atoms with E-state index >= 15 is 0 Å². The van der Waals surface area contributed by atoms with Gasteiger partial charge in [-0.1, -0.05) is 30.3 Å². The summed E-state index contributed by atoms with van der Waals surface area (Å²) in [5, 5.41) is 1.19. The van der Waals surface area contributed by atoms with Gasteiger partial charge in [0.25, 0.3) is 5.91 Å². The smallest absolute Gasteiger partial charge is 0.264 e. The Hall–Kier alpha value is -1.85. The van der Waals surface area contributed by atoms with Crippen LogP contribution in [0, 0.1) is 5.92 Å². The molecule has 5 heteroatoms. The van der Waals surface area contributed by atoms with Crippen molar-refractivity contribution in [3.8, 4) is 11.1 Å². The van der Waals surface area contributed by atoms with E-state index in [0.717, 1.165) is 36.7 Å². The van der Waals surface area contributed by atoms with Gasteiger partial charge < -0.3 is 14.5 Å². The summed E-state index contributed by atoms with van der Waals surface area (Å²) in [6.07, 6.45) is 2.50. The molecule has 2 heterocycles. The number of anilines is 1. The molecule has 1 amide bonds. The number of nitrogens with zero attached hydrogens (tertiary/aromatic N) is 2. The lowest BCUT2D eigenvalue weighted by Gasteiger charge is -2.28. The fraction of sp³-hybridized carbons (Fsp3) is 0.476. The molecule has 1 aromatic carbocycles. The number of ether oxygens (including phenoxy) is 1. The van der Waals surface area contributed by atoms with Crippen molar-refractivity contribution < 1.29 is 9.53 Å². The minimum absolute atomic E-state index is 0.145. The maximum absolute atomic E-state index is 13.1. The molecule has 0 N–H and O–H groups in total. The van der Waals surface area contributed by atoms with Crippen LogP contribution in [0.5, 0.6) is 0 Å². The fourth-order valence-electron chi connectivity index (χ4n) is 3.57. The fourth-order valence-corrected chi connectivity index (χ4v) is 4.78. The van der Waals surface area contributed by atoms with E-state index in [-0.39, 0.29) is 5.91 Å². The van der Waals surface area contributed by atoms with Crippen LogP contribution in [-0.4, -0.2) is 50.2 Å². The van der Waals surface area contributed by atoms with Crippen molar-refractivity contribution >= 4 is 22.2 Å². The average Bonchev–Trinajstić information content (AvgIpc) is 3.45. The van der Waals surface area contributed by atoms with Crippen molar-refractivity contribution in [1.29, 1.82) is 0 Å². The highest BCUT2D eigenvalue weighted by Crippen LogP contribution is 2.41. The predicted molar refractivity (Wildman–Crippen MR) is 107 cm³/mol. The maximum atomic E-state index is 13.1. The van der Waals surface area contributed by atoms with Crippen LogP contribution < -0.4 is 4.90 Å². The first-order chi connectivity index (χ1) is 12.6. The number of amides is 1. The first kappa shape index (κ1) is 17.6. The molecule has 1 saturated heterocycles. The van der Waals surface area contributed by atoms with Crippen LogP contribution in [0.4, 0.5) is 5.00 Å². The molecule has 2 fully saturated rings. The number of rotatable bonds is 5. The monoisotopic (exact) mass is 370 g/mol. The van der Waals surface area contributed by atoms with Gasteiger partial charge in [0.1, 0.15) is 0 Å². The topological polar surface area (TPSA) is 32.8 Å². The average molecular weight is 371 g/mol. The Morgan fingerprint density at radius 2 is 1.92 bits per heavy atom. The van der Waals surface area contributed by atoms with Crippen molar-refractivity contribution in [2.24, 2.45) is 5.92 Å². The lowest BCUT2D eigenvalue weighted by molar-refractivity contribution is 0.0732. The summed E-state index contributed by atoms with van der Waals surface area (Å²) in [7, 11) is 1.95. The largest absolute Gasteiger partial charge is 0.378 e. The van der Waals surface area contributed by atoms with Gasteiger partial charge in [0, 0.05) is 31.7 Å². The number of hydrogen-bond donors (Lipinski definition) is 0. The Kier molecular flexibility index (Phi) is 5.00. The third kappa shape index (κ3) is 3.51. The van der Waals surface area contributed by atoms with Crippen LogP contribution in [0.2, 0.25) is 0 Å². The molecule has 1 unspecified atom stereocenters. The second-order valence-electron chi connectivity index (χ2n) is 7.29. The Bertz CT molecular complexity index is 764. The van der Waals surface area contributed by atoms with Crippen LogP contribution in [0.1, 0.15) is 29.4 Å². The molecule has 4 nitrogen and oxygen atoms in total. The van der Waals surface area contributed by atoms with Crippen molar-refractivity contribution in [3.63, 3.8) is 0 Å². The van der Waals surface area contributed by atoms with Gasteiger partial charge >= 0.3 is 0 Å². The standard InChI is InChI=1S/C21H26N2O2S/c1-15(16-8-9-16)22(2)20(24)19-14-18(17-6-4-3-5-7-17)21(26-19)23-10-12-25-13-11-23/h3-7,14-16H,8-13H2,1-2H3. The molecule has 1 aromatic heterocycles. The van der Waals surface area contributed by atoms with Crippen molar-refractivity contribution in [1.82, 2.24) is 4.90 Å². The molecule has 0 radical (unpaired) electrons. The zero-order chi connectivity index (χ0) is 18.1. The minimum atomic E-state index is 0.145. The molecule has 2 aromatic rings. The van der Waals surface area contributed by atoms with Crippen molar-refractivity contribution in [3.05, 3.63) is 41.3 Å². The first-order valence-electron chi connectivity index (χ1n) is 9.44. The zero-order valence-corrected chi connectivity index (χ0v) is 16.3. The quantitative estimate of drug-likeness (QED) is 0.794. The summed E-state index contributed by atoms with van der Waals surface area (Å²) in [5.74, 6) is 0.822. The van der Waals surface area contributed by atoms with Gasteiger partial charge in [0.2, 0.25) is 0 Å². The van der Waals surface area contributed by atoms with E-state index in [9.17, 15) is 4.79 Å². The summed E-state index contributed by atoms with van der Waals surface area (Å²) in [6.45, 7) is 5.41. The molecule has 2 aliphatic rings. The third-order valence-corrected chi connectivity index (χ3v) is 6.73. The predicted octanol–water partition coefficient (Wildman–Crippen LogP) is 4.12. The Labute approximate surface area is 159 Å². The van der Waals surface area contributed by atoms with Gasteiger partial charge in [-0.25, -0.2) is 0 Å². The summed E-state index contributed by atoms with van der Waals surface area (Å²) >= 11 is 1.63. The van der Waals surface area contributed by atoms with E-state index < -0.39 is 0 Å². The second kappa shape index (κ2) is 7.41. The lowest BCUT2D eigenvalue weighted by atomic mass is 10.1. The maximum Gasteiger partial charge on any atom is 0.264 e. The van der Waals surface area contributed by atoms with E-state index in [1.165, 1.54) is 23.4 Å².